The third-order valence-electron chi connectivity index (χ3n) is 4.56. The molecule has 1 fully saturated rings. The van der Waals surface area contributed by atoms with Crippen LogP contribution in [0.25, 0.3) is 0 Å². The Morgan fingerprint density at radius 1 is 0.500 bits per heavy atom. The van der Waals surface area contributed by atoms with Gasteiger partial charge in [0.25, 0.3) is 0 Å². The van der Waals surface area contributed by atoms with E-state index < -0.39 is 12.6 Å². The van der Waals surface area contributed by atoms with Gasteiger partial charge in [-0.3, -0.25) is 0 Å². The first-order valence-corrected chi connectivity index (χ1v) is 9.00. The summed E-state index contributed by atoms with van der Waals surface area (Å²) in [5.41, 5.74) is 4.39. The minimum Gasteiger partial charge on any atom is -0.193 e. The fourth-order valence-corrected chi connectivity index (χ4v) is 2.74. The lowest BCUT2D eigenvalue weighted by Gasteiger charge is -2.28. The van der Waals surface area contributed by atoms with Crippen LogP contribution in [0.15, 0.2) is 48.5 Å². The van der Waals surface area contributed by atoms with Crippen molar-refractivity contribution in [1.82, 2.24) is 0 Å². The van der Waals surface area contributed by atoms with Crippen molar-refractivity contribution in [2.24, 2.45) is 0 Å². The summed E-state index contributed by atoms with van der Waals surface area (Å²) in [7, 11) is 0. The Balaban J connectivity index is 1.62. The molecule has 1 aliphatic rings. The van der Waals surface area contributed by atoms with Crippen molar-refractivity contribution in [1.29, 1.82) is 0 Å². The van der Waals surface area contributed by atoms with Crippen LogP contribution in [0.2, 0.25) is 0 Å². The maximum absolute atomic E-state index is 5.41. The quantitative estimate of drug-likeness (QED) is 0.629. The summed E-state index contributed by atoms with van der Waals surface area (Å²) in [6.45, 7) is 13.1. The first kappa shape index (κ1) is 19.1. The third kappa shape index (κ3) is 4.33. The maximum atomic E-state index is 5.41. The molecular weight excluding hydrogens is 328 g/mol. The third-order valence-corrected chi connectivity index (χ3v) is 4.56. The molecule has 2 aromatic carbocycles. The van der Waals surface area contributed by atoms with Gasteiger partial charge in [-0.25, -0.2) is 0 Å². The lowest BCUT2D eigenvalue weighted by Crippen LogP contribution is -2.22. The van der Waals surface area contributed by atoms with Crippen LogP contribution in [-0.4, -0.2) is 0 Å². The summed E-state index contributed by atoms with van der Waals surface area (Å²) in [5, 5.41) is 0. The van der Waals surface area contributed by atoms with Crippen molar-refractivity contribution in [2.75, 3.05) is 0 Å². The highest BCUT2D eigenvalue weighted by Crippen LogP contribution is 2.34. The molecule has 0 N–H and O–H groups in total. The second-order valence-electron chi connectivity index (χ2n) is 8.79. The standard InChI is InChI=1S/C22H28O4/c1-21(2,3)17-11-7-15(8-12-17)19-23-25-20(26-24-19)16-9-13-18(14-10-16)22(4,5)6/h7-14,19-20H,1-6H3. The Hall–Kier alpha value is -1.72. The van der Waals surface area contributed by atoms with Crippen molar-refractivity contribution >= 4 is 0 Å². The van der Waals surface area contributed by atoms with E-state index in [-0.39, 0.29) is 10.8 Å². The molecule has 140 valence electrons. The number of hydrogen-bond donors (Lipinski definition) is 0. The zero-order valence-electron chi connectivity index (χ0n) is 16.4. The zero-order valence-corrected chi connectivity index (χ0v) is 16.4. The predicted octanol–water partition coefficient (Wildman–Crippen LogP) is 5.89. The fraction of sp³-hybridized carbons (Fsp3) is 0.455. The lowest BCUT2D eigenvalue weighted by atomic mass is 9.86. The molecule has 26 heavy (non-hydrogen) atoms. The SMILES string of the molecule is CC(C)(C)c1ccc(C2OOC(c3ccc(C(C)(C)C)cc3)OO2)cc1. The number of rotatable bonds is 2. The molecule has 2 aromatic rings. The van der Waals surface area contributed by atoms with Gasteiger partial charge in [0.2, 0.25) is 12.6 Å². The van der Waals surface area contributed by atoms with Gasteiger partial charge in [0, 0.05) is 11.1 Å². The van der Waals surface area contributed by atoms with Crippen molar-refractivity contribution in [3.63, 3.8) is 0 Å². The molecule has 3 rings (SSSR count). The molecule has 0 amide bonds. The average molecular weight is 356 g/mol. The van der Waals surface area contributed by atoms with Gasteiger partial charge in [0.1, 0.15) is 0 Å². The van der Waals surface area contributed by atoms with Gasteiger partial charge < -0.3 is 0 Å². The largest absolute Gasteiger partial charge is 0.249 e. The first-order valence-electron chi connectivity index (χ1n) is 9.00. The Morgan fingerprint density at radius 3 is 1.00 bits per heavy atom. The molecule has 0 bridgehead atoms. The molecular formula is C22H28O4. The first-order chi connectivity index (χ1) is 12.1. The van der Waals surface area contributed by atoms with Crippen LogP contribution in [0.1, 0.15) is 76.4 Å². The molecule has 0 aromatic heterocycles. The minimum absolute atomic E-state index is 0.101. The van der Waals surface area contributed by atoms with E-state index in [1.807, 2.05) is 24.3 Å². The highest BCUT2D eigenvalue weighted by atomic mass is 17.4. The van der Waals surface area contributed by atoms with E-state index in [1.54, 1.807) is 0 Å². The minimum atomic E-state index is -0.700. The Morgan fingerprint density at radius 2 is 0.769 bits per heavy atom. The van der Waals surface area contributed by atoms with Crippen molar-refractivity contribution in [3.05, 3.63) is 70.8 Å². The zero-order chi connectivity index (χ0) is 18.9. The molecule has 0 atom stereocenters. The summed E-state index contributed by atoms with van der Waals surface area (Å²) >= 11 is 0. The fourth-order valence-electron chi connectivity index (χ4n) is 2.74. The van der Waals surface area contributed by atoms with Crippen molar-refractivity contribution in [3.8, 4) is 0 Å². The topological polar surface area (TPSA) is 36.9 Å². The molecule has 1 heterocycles. The molecule has 0 radical (unpaired) electrons. The van der Waals surface area contributed by atoms with Crippen LogP contribution in [0.5, 0.6) is 0 Å². The van der Waals surface area contributed by atoms with Crippen LogP contribution in [-0.2, 0) is 30.4 Å². The van der Waals surface area contributed by atoms with Crippen LogP contribution < -0.4 is 0 Å². The van der Waals surface area contributed by atoms with Gasteiger partial charge in [0.15, 0.2) is 0 Å². The summed E-state index contributed by atoms with van der Waals surface area (Å²) < 4.78 is 0. The van der Waals surface area contributed by atoms with Crippen LogP contribution in [0, 0.1) is 0 Å². The van der Waals surface area contributed by atoms with Gasteiger partial charge >= 0.3 is 0 Å². The summed E-state index contributed by atoms with van der Waals surface area (Å²) in [6.07, 6.45) is -1.40. The van der Waals surface area contributed by atoms with Crippen LogP contribution in [0.4, 0.5) is 0 Å². The molecule has 1 aliphatic heterocycles. The average Bonchev–Trinajstić information content (AvgIpc) is 2.61. The van der Waals surface area contributed by atoms with Gasteiger partial charge in [-0.15, -0.1) is 0 Å². The van der Waals surface area contributed by atoms with Crippen LogP contribution in [0.3, 0.4) is 0 Å². The molecule has 0 saturated carbocycles. The molecule has 0 unspecified atom stereocenters. The molecule has 4 heteroatoms. The van der Waals surface area contributed by atoms with Gasteiger partial charge in [-0.2, -0.15) is 19.6 Å². The summed E-state index contributed by atoms with van der Waals surface area (Å²) in [6, 6.07) is 16.1. The lowest BCUT2D eigenvalue weighted by molar-refractivity contribution is -0.600. The summed E-state index contributed by atoms with van der Waals surface area (Å²) in [5.74, 6) is 0. The second kappa shape index (κ2) is 7.12. The number of hydrogen-bond acceptors (Lipinski definition) is 4. The molecule has 0 aliphatic carbocycles. The van der Waals surface area contributed by atoms with E-state index >= 15 is 0 Å². The van der Waals surface area contributed by atoms with Gasteiger partial charge in [0.05, 0.1) is 0 Å². The summed E-state index contributed by atoms with van der Waals surface area (Å²) in [4.78, 5) is 21.6. The predicted molar refractivity (Wildman–Crippen MR) is 100 cm³/mol. The molecule has 4 nitrogen and oxygen atoms in total. The monoisotopic (exact) mass is 356 g/mol. The Labute approximate surface area is 155 Å². The Bertz CT molecular complexity index is 647. The van der Waals surface area contributed by atoms with E-state index in [9.17, 15) is 0 Å². The second-order valence-corrected chi connectivity index (χ2v) is 8.79. The van der Waals surface area contributed by atoms with Gasteiger partial charge in [-0.1, -0.05) is 90.1 Å². The number of benzene rings is 2. The van der Waals surface area contributed by atoms with Crippen LogP contribution >= 0.6 is 0 Å². The highest BCUT2D eigenvalue weighted by Gasteiger charge is 2.28. The molecule has 1 saturated heterocycles. The van der Waals surface area contributed by atoms with E-state index in [0.717, 1.165) is 11.1 Å². The normalized spacial score (nSPS) is 21.6. The molecule has 0 spiro atoms. The van der Waals surface area contributed by atoms with E-state index in [2.05, 4.69) is 65.8 Å². The van der Waals surface area contributed by atoms with E-state index in [0.29, 0.717) is 0 Å². The smallest absolute Gasteiger partial charge is 0.193 e. The van der Waals surface area contributed by atoms with Crippen molar-refractivity contribution in [2.45, 2.75) is 65.0 Å². The maximum Gasteiger partial charge on any atom is 0.249 e. The van der Waals surface area contributed by atoms with E-state index in [4.69, 9.17) is 19.6 Å². The van der Waals surface area contributed by atoms with Gasteiger partial charge in [-0.05, 0) is 22.0 Å². The Kier molecular flexibility index (Phi) is 5.22. The van der Waals surface area contributed by atoms with Crippen molar-refractivity contribution < 1.29 is 19.6 Å². The van der Waals surface area contributed by atoms with E-state index in [1.165, 1.54) is 11.1 Å². The highest BCUT2D eigenvalue weighted by molar-refractivity contribution is 5.29.